The summed E-state index contributed by atoms with van der Waals surface area (Å²) in [4.78, 5) is 4.38. The number of nitrogens with two attached hydrogens (primary N) is 1. The summed E-state index contributed by atoms with van der Waals surface area (Å²) in [5.41, 5.74) is 7.89. The number of rotatable bonds is 4. The summed E-state index contributed by atoms with van der Waals surface area (Å²) in [6, 6.07) is 8.26. The number of hydrogen-bond donors (Lipinski definition) is 2. The van der Waals surface area contributed by atoms with E-state index in [1.54, 1.807) is 31.2 Å². The second-order valence-electron chi connectivity index (χ2n) is 4.59. The van der Waals surface area contributed by atoms with E-state index in [9.17, 15) is 8.42 Å². The molecule has 0 fully saturated rings. The van der Waals surface area contributed by atoms with Crippen LogP contribution >= 0.6 is 15.9 Å². The van der Waals surface area contributed by atoms with Gasteiger partial charge in [0, 0.05) is 5.69 Å². The maximum absolute atomic E-state index is 12.6. The van der Waals surface area contributed by atoms with Crippen molar-refractivity contribution in [2.75, 3.05) is 10.5 Å². The molecule has 0 aliphatic heterocycles. The summed E-state index contributed by atoms with van der Waals surface area (Å²) in [7, 11) is -3.70. The fourth-order valence-corrected chi connectivity index (χ4v) is 3.81. The molecule has 112 valence electrons. The van der Waals surface area contributed by atoms with Crippen molar-refractivity contribution in [3.63, 3.8) is 0 Å². The Kier molecular flexibility index (Phi) is 4.53. The van der Waals surface area contributed by atoms with E-state index in [1.165, 1.54) is 6.07 Å². The number of nitrogens with zero attached hydrogens (tertiary/aromatic N) is 1. The van der Waals surface area contributed by atoms with Crippen LogP contribution in [0.4, 0.5) is 11.4 Å². The Morgan fingerprint density at radius 1 is 1.29 bits per heavy atom. The van der Waals surface area contributed by atoms with Crippen molar-refractivity contribution in [3.8, 4) is 0 Å². The van der Waals surface area contributed by atoms with Crippen molar-refractivity contribution < 1.29 is 8.42 Å². The van der Waals surface area contributed by atoms with Crippen LogP contribution in [0.5, 0.6) is 0 Å². The number of hydrogen-bond acceptors (Lipinski definition) is 4. The molecule has 5 nitrogen and oxygen atoms in total. The number of sulfonamides is 1. The summed E-state index contributed by atoms with van der Waals surface area (Å²) < 4.78 is 28.3. The van der Waals surface area contributed by atoms with Crippen LogP contribution in [0.2, 0.25) is 0 Å². The average Bonchev–Trinajstić information content (AvgIpc) is 2.42. The fraction of sp³-hybridized carbons (Fsp3) is 0.214. The summed E-state index contributed by atoms with van der Waals surface area (Å²) >= 11 is 3.25. The van der Waals surface area contributed by atoms with Crippen LogP contribution in [-0.2, 0) is 16.4 Å². The molecule has 0 aliphatic rings. The van der Waals surface area contributed by atoms with E-state index < -0.39 is 10.0 Å². The maximum Gasteiger partial charge on any atom is 0.262 e. The predicted octanol–water partition coefficient (Wildman–Crippen LogP) is 3.10. The maximum atomic E-state index is 12.6. The quantitative estimate of drug-likeness (QED) is 0.640. The van der Waals surface area contributed by atoms with Gasteiger partial charge in [0.2, 0.25) is 0 Å². The van der Waals surface area contributed by atoms with Gasteiger partial charge in [0.25, 0.3) is 10.0 Å². The summed E-state index contributed by atoms with van der Waals surface area (Å²) in [6.07, 6.45) is 0.605. The van der Waals surface area contributed by atoms with Gasteiger partial charge in [0.05, 0.1) is 16.3 Å². The number of pyridine rings is 1. The number of halogens is 1. The summed E-state index contributed by atoms with van der Waals surface area (Å²) in [5, 5.41) is 0. The molecule has 3 N–H and O–H groups in total. The Morgan fingerprint density at radius 3 is 2.62 bits per heavy atom. The van der Waals surface area contributed by atoms with E-state index in [0.29, 0.717) is 28.1 Å². The first-order valence-electron chi connectivity index (χ1n) is 6.38. The normalized spacial score (nSPS) is 11.4. The number of nitrogen functional groups attached to an aromatic ring is 1. The SMILES string of the molecule is CCc1ccc(N)cc1S(=O)(=O)Nc1ccc(Br)nc1C. The van der Waals surface area contributed by atoms with Gasteiger partial charge in [-0.05, 0) is 59.1 Å². The molecule has 0 unspecified atom stereocenters. The number of aromatic nitrogens is 1. The lowest BCUT2D eigenvalue weighted by Gasteiger charge is -2.13. The van der Waals surface area contributed by atoms with Crippen LogP contribution in [0.3, 0.4) is 0 Å². The molecule has 1 aromatic heterocycles. The van der Waals surface area contributed by atoms with Crippen molar-refractivity contribution in [1.82, 2.24) is 4.98 Å². The molecule has 0 saturated heterocycles. The lowest BCUT2D eigenvalue weighted by atomic mass is 10.1. The number of benzene rings is 1. The van der Waals surface area contributed by atoms with Gasteiger partial charge in [-0.25, -0.2) is 13.4 Å². The lowest BCUT2D eigenvalue weighted by Crippen LogP contribution is -2.16. The van der Waals surface area contributed by atoms with E-state index in [1.807, 2.05) is 6.92 Å². The zero-order chi connectivity index (χ0) is 15.6. The average molecular weight is 370 g/mol. The highest BCUT2D eigenvalue weighted by molar-refractivity contribution is 9.10. The summed E-state index contributed by atoms with van der Waals surface area (Å²) in [6.45, 7) is 3.64. The summed E-state index contributed by atoms with van der Waals surface area (Å²) in [5.74, 6) is 0. The van der Waals surface area contributed by atoms with E-state index >= 15 is 0 Å². The van der Waals surface area contributed by atoms with Crippen molar-refractivity contribution in [2.45, 2.75) is 25.2 Å². The number of anilines is 2. The Balaban J connectivity index is 2.45. The molecule has 0 bridgehead atoms. The Morgan fingerprint density at radius 2 is 2.00 bits per heavy atom. The van der Waals surface area contributed by atoms with Crippen LogP contribution in [0.15, 0.2) is 39.8 Å². The predicted molar refractivity (Wildman–Crippen MR) is 87.7 cm³/mol. The van der Waals surface area contributed by atoms with E-state index in [0.717, 1.165) is 5.56 Å². The standard InChI is InChI=1S/C14H16BrN3O2S/c1-3-10-4-5-11(16)8-13(10)21(19,20)18-12-6-7-14(15)17-9(12)2/h4-8,18H,3,16H2,1-2H3. The molecule has 2 aromatic rings. The highest BCUT2D eigenvalue weighted by Crippen LogP contribution is 2.24. The molecular formula is C14H16BrN3O2S. The van der Waals surface area contributed by atoms with Crippen LogP contribution < -0.4 is 10.5 Å². The third-order valence-electron chi connectivity index (χ3n) is 3.06. The van der Waals surface area contributed by atoms with Gasteiger partial charge < -0.3 is 5.73 Å². The third-order valence-corrected chi connectivity index (χ3v) is 4.95. The highest BCUT2D eigenvalue weighted by atomic mass is 79.9. The minimum atomic E-state index is -3.70. The van der Waals surface area contributed by atoms with Crippen LogP contribution in [0.25, 0.3) is 0 Å². The Hall–Kier alpha value is -1.60. The monoisotopic (exact) mass is 369 g/mol. The number of nitrogens with one attached hydrogen (secondary N) is 1. The molecule has 21 heavy (non-hydrogen) atoms. The molecule has 0 amide bonds. The Bertz CT molecular complexity index is 776. The van der Waals surface area contributed by atoms with E-state index in [-0.39, 0.29) is 4.90 Å². The van der Waals surface area contributed by atoms with Gasteiger partial charge in [0.15, 0.2) is 0 Å². The molecule has 1 heterocycles. The first-order chi connectivity index (χ1) is 9.83. The largest absolute Gasteiger partial charge is 0.399 e. The molecule has 7 heteroatoms. The minimum Gasteiger partial charge on any atom is -0.399 e. The van der Waals surface area contributed by atoms with Gasteiger partial charge in [-0.3, -0.25) is 4.72 Å². The van der Waals surface area contributed by atoms with E-state index in [4.69, 9.17) is 5.73 Å². The van der Waals surface area contributed by atoms with Crippen molar-refractivity contribution >= 4 is 37.3 Å². The Labute approximate surface area is 132 Å². The van der Waals surface area contributed by atoms with Gasteiger partial charge in [-0.2, -0.15) is 0 Å². The first kappa shape index (κ1) is 15.8. The molecule has 0 saturated carbocycles. The molecule has 2 rings (SSSR count). The van der Waals surface area contributed by atoms with Crippen LogP contribution in [-0.4, -0.2) is 13.4 Å². The number of aryl methyl sites for hydroxylation is 2. The second-order valence-corrected chi connectivity index (χ2v) is 7.06. The first-order valence-corrected chi connectivity index (χ1v) is 8.65. The molecule has 0 spiro atoms. The molecular weight excluding hydrogens is 354 g/mol. The fourth-order valence-electron chi connectivity index (χ4n) is 1.95. The molecule has 0 radical (unpaired) electrons. The lowest BCUT2D eigenvalue weighted by molar-refractivity contribution is 0.600. The zero-order valence-electron chi connectivity index (χ0n) is 11.7. The van der Waals surface area contributed by atoms with Crippen molar-refractivity contribution in [1.29, 1.82) is 0 Å². The molecule has 1 aromatic carbocycles. The highest BCUT2D eigenvalue weighted by Gasteiger charge is 2.19. The van der Waals surface area contributed by atoms with Crippen LogP contribution in [0.1, 0.15) is 18.2 Å². The van der Waals surface area contributed by atoms with Gasteiger partial charge in [-0.15, -0.1) is 0 Å². The third kappa shape index (κ3) is 3.54. The minimum absolute atomic E-state index is 0.201. The van der Waals surface area contributed by atoms with Gasteiger partial charge in [0.1, 0.15) is 4.60 Å². The van der Waals surface area contributed by atoms with Crippen molar-refractivity contribution in [2.24, 2.45) is 0 Å². The molecule has 0 atom stereocenters. The van der Waals surface area contributed by atoms with E-state index in [2.05, 4.69) is 25.6 Å². The molecule has 0 aliphatic carbocycles. The van der Waals surface area contributed by atoms with Crippen LogP contribution in [0, 0.1) is 6.92 Å². The van der Waals surface area contributed by atoms with Gasteiger partial charge in [-0.1, -0.05) is 13.0 Å². The topological polar surface area (TPSA) is 85.1 Å². The smallest absolute Gasteiger partial charge is 0.262 e. The van der Waals surface area contributed by atoms with Crippen molar-refractivity contribution in [3.05, 3.63) is 46.2 Å². The zero-order valence-corrected chi connectivity index (χ0v) is 14.1. The van der Waals surface area contributed by atoms with Gasteiger partial charge >= 0.3 is 0 Å². The second kappa shape index (κ2) is 6.03.